The van der Waals surface area contributed by atoms with Crippen LogP contribution >= 0.6 is 0 Å². The Bertz CT molecular complexity index is 478. The number of hydrogen-bond acceptors (Lipinski definition) is 0. The number of hydrogen-bond donors (Lipinski definition) is 0. The van der Waals surface area contributed by atoms with Crippen molar-refractivity contribution < 1.29 is 0 Å². The van der Waals surface area contributed by atoms with Gasteiger partial charge in [0.2, 0.25) is 0 Å². The van der Waals surface area contributed by atoms with Crippen molar-refractivity contribution in [2.24, 2.45) is 0 Å². The molecule has 0 radical (unpaired) electrons. The van der Waals surface area contributed by atoms with Crippen molar-refractivity contribution in [3.8, 4) is 0 Å². The molecule has 0 aromatic heterocycles. The van der Waals surface area contributed by atoms with Crippen LogP contribution in [0.1, 0.15) is 27.2 Å². The lowest BCUT2D eigenvalue weighted by Crippen LogP contribution is -2.06. The molecule has 0 saturated heterocycles. The van der Waals surface area contributed by atoms with Gasteiger partial charge >= 0.3 is 0 Å². The average Bonchev–Trinajstić information content (AvgIpc) is 2.48. The predicted molar refractivity (Wildman–Crippen MR) is 89.2 cm³/mol. The molecule has 1 heteroatoms. The van der Waals surface area contributed by atoms with Gasteiger partial charge in [-0.3, -0.25) is 0 Å². The summed E-state index contributed by atoms with van der Waals surface area (Å²) in [6.07, 6.45) is 11.8. The molecule has 19 heavy (non-hydrogen) atoms. The highest BCUT2D eigenvalue weighted by atomic mass is 32.2. The Kier molecular flexibility index (Phi) is 7.06. The van der Waals surface area contributed by atoms with Crippen LogP contribution in [-0.2, 0) is 10.9 Å². The van der Waals surface area contributed by atoms with Crippen LogP contribution < -0.4 is 0 Å². The summed E-state index contributed by atoms with van der Waals surface area (Å²) in [6, 6.07) is 10.6. The summed E-state index contributed by atoms with van der Waals surface area (Å²) < 4.78 is 0. The second kappa shape index (κ2) is 8.60. The van der Waals surface area contributed by atoms with E-state index in [1.165, 1.54) is 14.7 Å². The van der Waals surface area contributed by atoms with E-state index in [0.717, 1.165) is 6.42 Å². The van der Waals surface area contributed by atoms with E-state index in [2.05, 4.69) is 82.0 Å². The summed E-state index contributed by atoms with van der Waals surface area (Å²) in [4.78, 5) is 3.96. The van der Waals surface area contributed by atoms with Crippen LogP contribution in [0.25, 0.3) is 0 Å². The Morgan fingerprint density at radius 1 is 1.11 bits per heavy atom. The molecule has 1 unspecified atom stereocenters. The first-order valence-electron chi connectivity index (χ1n) is 6.69. The van der Waals surface area contributed by atoms with Crippen molar-refractivity contribution in [1.82, 2.24) is 0 Å². The molecule has 0 aliphatic rings. The van der Waals surface area contributed by atoms with Crippen LogP contribution in [0.5, 0.6) is 0 Å². The van der Waals surface area contributed by atoms with Crippen LogP contribution in [-0.4, -0.2) is 0 Å². The summed E-state index contributed by atoms with van der Waals surface area (Å²) in [7, 11) is -0.0476. The molecule has 0 N–H and O–H groups in total. The topological polar surface area (TPSA) is 0 Å². The molecule has 1 atom stereocenters. The zero-order valence-corrected chi connectivity index (χ0v) is 12.9. The summed E-state index contributed by atoms with van der Waals surface area (Å²) in [5, 5.41) is 0. The summed E-state index contributed by atoms with van der Waals surface area (Å²) in [5.41, 5.74) is 0. The maximum Gasteiger partial charge on any atom is 0.166 e. The van der Waals surface area contributed by atoms with Crippen molar-refractivity contribution >= 4 is 10.9 Å². The third kappa shape index (κ3) is 4.29. The summed E-state index contributed by atoms with van der Waals surface area (Å²) in [5.74, 6) is 0. The molecule has 0 fully saturated rings. The first-order chi connectivity index (χ1) is 9.28. The third-order valence-corrected chi connectivity index (χ3v) is 5.20. The van der Waals surface area contributed by atoms with Gasteiger partial charge in [-0.2, -0.15) is 0 Å². The average molecular weight is 271 g/mol. The fourth-order valence-corrected chi connectivity index (χ4v) is 3.92. The van der Waals surface area contributed by atoms with E-state index in [4.69, 9.17) is 0 Å². The Morgan fingerprint density at radius 3 is 2.21 bits per heavy atom. The fourth-order valence-electron chi connectivity index (χ4n) is 1.80. The molecule has 0 nitrogen and oxygen atoms in total. The molecule has 1 aromatic rings. The highest BCUT2D eigenvalue weighted by molar-refractivity contribution is 8.04. The molecule has 1 rings (SSSR count). The summed E-state index contributed by atoms with van der Waals surface area (Å²) in [6.45, 7) is 10.3. The zero-order valence-electron chi connectivity index (χ0n) is 12.1. The van der Waals surface area contributed by atoms with E-state index in [0.29, 0.717) is 0 Å². The van der Waals surface area contributed by atoms with Crippen LogP contribution in [0.4, 0.5) is 0 Å². The Balaban J connectivity index is 3.27. The first kappa shape index (κ1) is 15.6. The van der Waals surface area contributed by atoms with Gasteiger partial charge in [-0.05, 0) is 56.7 Å². The minimum atomic E-state index is -0.0476. The van der Waals surface area contributed by atoms with Gasteiger partial charge in [0.15, 0.2) is 14.7 Å². The minimum absolute atomic E-state index is 0.0476. The number of rotatable bonds is 6. The molecule has 0 saturated carbocycles. The second-order valence-electron chi connectivity index (χ2n) is 4.02. The largest absolute Gasteiger partial charge is 0.166 e. The van der Waals surface area contributed by atoms with Crippen molar-refractivity contribution in [2.45, 2.75) is 32.1 Å². The minimum Gasteiger partial charge on any atom is -0.0941 e. The van der Waals surface area contributed by atoms with E-state index in [1.807, 2.05) is 6.08 Å². The molecule has 0 heterocycles. The van der Waals surface area contributed by atoms with Gasteiger partial charge < -0.3 is 0 Å². The molecular formula is C18H23S+. The van der Waals surface area contributed by atoms with Gasteiger partial charge in [-0.1, -0.05) is 37.8 Å². The monoisotopic (exact) mass is 271 g/mol. The van der Waals surface area contributed by atoms with Gasteiger partial charge in [-0.25, -0.2) is 0 Å². The molecular weight excluding hydrogens is 248 g/mol. The standard InChI is InChI=1S/C18H23S/c1-5-9-13-17(8-4)19(16(6-2)7-3)18-14-11-10-12-15-18/h6-15H,2,5H2,1,3-4H3/q+1/b13-9-,16-7+,17-8+. The van der Waals surface area contributed by atoms with Gasteiger partial charge in [0.25, 0.3) is 0 Å². The predicted octanol–water partition coefficient (Wildman–Crippen LogP) is 5.62. The smallest absolute Gasteiger partial charge is 0.0941 e. The van der Waals surface area contributed by atoms with E-state index in [-0.39, 0.29) is 10.9 Å². The Hall–Kier alpha value is -1.47. The normalized spacial score (nSPS) is 14.7. The fraction of sp³-hybridized carbons (Fsp3) is 0.222. The molecule has 0 aliphatic carbocycles. The second-order valence-corrected chi connectivity index (χ2v) is 6.04. The van der Waals surface area contributed by atoms with E-state index < -0.39 is 0 Å². The maximum absolute atomic E-state index is 3.96. The SMILES string of the molecule is C=C/C(=C\C)[S+](C(/C=C\CC)=C/C)c1ccccc1. The van der Waals surface area contributed by atoms with Crippen LogP contribution in [0.2, 0.25) is 0 Å². The van der Waals surface area contributed by atoms with E-state index >= 15 is 0 Å². The quantitative estimate of drug-likeness (QED) is 0.465. The van der Waals surface area contributed by atoms with Gasteiger partial charge in [0.05, 0.1) is 10.9 Å². The Labute approximate surface area is 120 Å². The lowest BCUT2D eigenvalue weighted by Gasteiger charge is -2.08. The zero-order chi connectivity index (χ0) is 14.1. The Morgan fingerprint density at radius 2 is 1.74 bits per heavy atom. The molecule has 0 bridgehead atoms. The highest BCUT2D eigenvalue weighted by Gasteiger charge is 2.28. The van der Waals surface area contributed by atoms with E-state index in [9.17, 15) is 0 Å². The maximum atomic E-state index is 3.96. The van der Waals surface area contributed by atoms with Crippen LogP contribution in [0, 0.1) is 0 Å². The van der Waals surface area contributed by atoms with Crippen molar-refractivity contribution in [1.29, 1.82) is 0 Å². The number of allylic oxidation sites excluding steroid dienone is 5. The molecule has 0 spiro atoms. The van der Waals surface area contributed by atoms with Crippen molar-refractivity contribution in [3.05, 3.63) is 77.1 Å². The lowest BCUT2D eigenvalue weighted by molar-refractivity contribution is 1.22. The molecule has 0 aliphatic heterocycles. The molecule has 0 amide bonds. The highest BCUT2D eigenvalue weighted by Crippen LogP contribution is 2.30. The molecule has 1 aromatic carbocycles. The van der Waals surface area contributed by atoms with Gasteiger partial charge in [0, 0.05) is 0 Å². The van der Waals surface area contributed by atoms with Crippen LogP contribution in [0.3, 0.4) is 0 Å². The summed E-state index contributed by atoms with van der Waals surface area (Å²) >= 11 is 0. The van der Waals surface area contributed by atoms with Gasteiger partial charge in [-0.15, -0.1) is 0 Å². The number of benzene rings is 1. The first-order valence-corrected chi connectivity index (χ1v) is 7.91. The van der Waals surface area contributed by atoms with Crippen LogP contribution in [0.15, 0.2) is 82.0 Å². The van der Waals surface area contributed by atoms with E-state index in [1.54, 1.807) is 0 Å². The molecule has 100 valence electrons. The third-order valence-electron chi connectivity index (χ3n) is 2.74. The lowest BCUT2D eigenvalue weighted by atomic mass is 10.4. The van der Waals surface area contributed by atoms with Gasteiger partial charge in [0.1, 0.15) is 0 Å². The van der Waals surface area contributed by atoms with Crippen molar-refractivity contribution in [3.63, 3.8) is 0 Å². The van der Waals surface area contributed by atoms with Crippen molar-refractivity contribution in [2.75, 3.05) is 0 Å².